The molecule has 0 unspecified atom stereocenters. The number of amides is 1. The highest BCUT2D eigenvalue weighted by Crippen LogP contribution is 2.53. The zero-order chi connectivity index (χ0) is 24.8. The van der Waals surface area contributed by atoms with E-state index in [4.69, 9.17) is 17.4 Å². The van der Waals surface area contributed by atoms with Gasteiger partial charge >= 0.3 is 5.97 Å². The van der Waals surface area contributed by atoms with E-state index in [1.54, 1.807) is 13.8 Å². The normalized spacial score (nSPS) is 21.0. The van der Waals surface area contributed by atoms with Crippen molar-refractivity contribution in [1.29, 1.82) is 0 Å². The Bertz CT molecular complexity index is 1240. The second kappa shape index (κ2) is 8.57. The summed E-state index contributed by atoms with van der Waals surface area (Å²) in [6.07, 6.45) is -0.838. The Morgan fingerprint density at radius 2 is 1.43 bits per heavy atom. The van der Waals surface area contributed by atoms with E-state index in [1.807, 2.05) is 91.0 Å². The van der Waals surface area contributed by atoms with Crippen LogP contribution in [0.4, 0.5) is 0 Å². The molecule has 0 aliphatic carbocycles. The fraction of sp³-hybridized carbons (Fsp3) is 0.250. The highest BCUT2D eigenvalue weighted by molar-refractivity contribution is 7.81. The van der Waals surface area contributed by atoms with Gasteiger partial charge in [0.2, 0.25) is 12.1 Å². The summed E-state index contributed by atoms with van der Waals surface area (Å²) in [5.41, 5.74) is 0.491. The van der Waals surface area contributed by atoms with Gasteiger partial charge in [-0.05, 0) is 37.1 Å². The summed E-state index contributed by atoms with van der Waals surface area (Å²) in [6, 6.07) is 27.3. The molecule has 0 spiro atoms. The first-order valence-electron chi connectivity index (χ1n) is 11.5. The highest BCUT2D eigenvalue weighted by atomic mass is 32.1. The average molecular weight is 487 g/mol. The zero-order valence-electron chi connectivity index (χ0n) is 19.4. The summed E-state index contributed by atoms with van der Waals surface area (Å²) in [7, 11) is 0. The first-order valence-corrected chi connectivity index (χ1v) is 11.9. The number of thiol groups is 1. The summed E-state index contributed by atoms with van der Waals surface area (Å²) in [5.74, 6) is -1.92. The third-order valence-corrected chi connectivity index (χ3v) is 7.19. The first kappa shape index (κ1) is 23.2. The molecule has 1 saturated heterocycles. The van der Waals surface area contributed by atoms with Crippen LogP contribution >= 0.6 is 12.6 Å². The van der Waals surface area contributed by atoms with Gasteiger partial charge in [-0.3, -0.25) is 9.69 Å². The number of β-lactam (4-membered cyclic amide) rings is 1. The van der Waals surface area contributed by atoms with Crippen molar-refractivity contribution in [3.63, 3.8) is 0 Å². The molecule has 2 heterocycles. The van der Waals surface area contributed by atoms with Crippen LogP contribution in [0.5, 0.6) is 0 Å². The number of carbonyl (C=O) groups excluding carboxylic acids is 1. The average Bonchev–Trinajstić information content (AvgIpc) is 3.24. The molecule has 0 saturated carbocycles. The van der Waals surface area contributed by atoms with E-state index >= 15 is 0 Å². The fourth-order valence-corrected chi connectivity index (χ4v) is 5.63. The van der Waals surface area contributed by atoms with E-state index in [0.717, 1.165) is 16.7 Å². The van der Waals surface area contributed by atoms with E-state index in [2.05, 4.69) is 4.99 Å². The first-order chi connectivity index (χ1) is 16.8. The number of aliphatic carboxylic acids is 1. The Hall–Kier alpha value is -3.58. The minimum Gasteiger partial charge on any atom is -0.479 e. The van der Waals surface area contributed by atoms with E-state index in [0.29, 0.717) is 5.90 Å². The molecular weight excluding hydrogens is 460 g/mol. The summed E-state index contributed by atoms with van der Waals surface area (Å²) in [4.78, 5) is 32.9. The topological polar surface area (TPSA) is 79.2 Å². The van der Waals surface area contributed by atoms with Gasteiger partial charge in [0, 0.05) is 16.2 Å². The van der Waals surface area contributed by atoms with Gasteiger partial charge in [0.1, 0.15) is 0 Å². The van der Waals surface area contributed by atoms with Crippen LogP contribution in [0.2, 0.25) is 0 Å². The predicted octanol–water partition coefficient (Wildman–Crippen LogP) is 4.36. The maximum Gasteiger partial charge on any atom is 0.332 e. The third-order valence-electron chi connectivity index (χ3n) is 6.85. The van der Waals surface area contributed by atoms with Crippen LogP contribution in [0.1, 0.15) is 36.5 Å². The molecule has 178 valence electrons. The number of rotatable bonds is 7. The van der Waals surface area contributed by atoms with Gasteiger partial charge in [-0.25, -0.2) is 9.79 Å². The number of carbonyl (C=O) groups is 2. The Kier molecular flexibility index (Phi) is 5.68. The molecule has 7 heteroatoms. The summed E-state index contributed by atoms with van der Waals surface area (Å²) >= 11 is 4.84. The maximum atomic E-state index is 13.6. The van der Waals surface area contributed by atoms with Crippen molar-refractivity contribution in [1.82, 2.24) is 4.90 Å². The second-order valence-corrected chi connectivity index (χ2v) is 10.5. The van der Waals surface area contributed by atoms with Crippen molar-refractivity contribution in [2.24, 2.45) is 4.99 Å². The van der Waals surface area contributed by atoms with Crippen molar-refractivity contribution < 1.29 is 19.4 Å². The molecule has 2 aliphatic rings. The molecule has 0 radical (unpaired) electrons. The molecule has 35 heavy (non-hydrogen) atoms. The number of hydrogen-bond donors (Lipinski definition) is 2. The molecule has 0 aromatic heterocycles. The minimum atomic E-state index is -1.78. The molecule has 1 fully saturated rings. The van der Waals surface area contributed by atoms with Crippen molar-refractivity contribution in [2.75, 3.05) is 0 Å². The lowest BCUT2D eigenvalue weighted by molar-refractivity contribution is -0.195. The number of benzene rings is 3. The van der Waals surface area contributed by atoms with Crippen LogP contribution in [0.15, 0.2) is 96.0 Å². The molecule has 3 atom stereocenters. The quantitative estimate of drug-likeness (QED) is 0.384. The number of aliphatic imine (C=N–C) groups is 1. The maximum absolute atomic E-state index is 13.6. The smallest absolute Gasteiger partial charge is 0.332 e. The lowest BCUT2D eigenvalue weighted by Gasteiger charge is -2.58. The van der Waals surface area contributed by atoms with Crippen molar-refractivity contribution >= 4 is 30.4 Å². The number of carboxylic acids is 1. The molecule has 3 aromatic carbocycles. The van der Waals surface area contributed by atoms with Crippen LogP contribution in [0.25, 0.3) is 0 Å². The van der Waals surface area contributed by atoms with Crippen molar-refractivity contribution in [2.45, 2.75) is 42.3 Å². The van der Waals surface area contributed by atoms with Gasteiger partial charge in [0.05, 0.1) is 0 Å². The van der Waals surface area contributed by atoms with Crippen LogP contribution in [0.3, 0.4) is 0 Å². The molecule has 1 amide bonds. The van der Waals surface area contributed by atoms with Crippen molar-refractivity contribution in [3.05, 3.63) is 108 Å². The van der Waals surface area contributed by atoms with Crippen LogP contribution < -0.4 is 0 Å². The van der Waals surface area contributed by atoms with E-state index < -0.39 is 34.4 Å². The molecular formula is C28H26N2O4S. The largest absolute Gasteiger partial charge is 0.479 e. The Morgan fingerprint density at radius 3 is 1.89 bits per heavy atom. The second-order valence-electron chi connectivity index (χ2n) is 9.35. The SMILES string of the molecule is CC(C)(S)[C@@](C(=O)O)(C(c1ccccc1)c1ccccc1)N1C(=O)[C@@H]2N=C(c3ccccc3)O[C@@H]21. The fourth-order valence-electron chi connectivity index (χ4n) is 5.30. The van der Waals surface area contributed by atoms with E-state index in [9.17, 15) is 14.7 Å². The van der Waals surface area contributed by atoms with Crippen molar-refractivity contribution in [3.8, 4) is 0 Å². The summed E-state index contributed by atoms with van der Waals surface area (Å²) in [5, 5.41) is 11.0. The van der Waals surface area contributed by atoms with Gasteiger partial charge in [0.15, 0.2) is 11.6 Å². The summed E-state index contributed by atoms with van der Waals surface area (Å²) in [6.45, 7) is 3.47. The van der Waals surface area contributed by atoms with Crippen LogP contribution in [-0.4, -0.2) is 50.3 Å². The van der Waals surface area contributed by atoms with Gasteiger partial charge in [-0.2, -0.15) is 12.6 Å². The number of likely N-dealkylation sites (tertiary alicyclic amines) is 1. The number of hydrogen-bond acceptors (Lipinski definition) is 5. The van der Waals surface area contributed by atoms with Gasteiger partial charge in [-0.15, -0.1) is 0 Å². The number of ether oxygens (including phenoxy) is 1. The number of nitrogens with zero attached hydrogens (tertiary/aromatic N) is 2. The predicted molar refractivity (Wildman–Crippen MR) is 137 cm³/mol. The highest BCUT2D eigenvalue weighted by Gasteiger charge is 2.71. The summed E-state index contributed by atoms with van der Waals surface area (Å²) < 4.78 is 4.99. The molecule has 1 N–H and O–H groups in total. The lowest BCUT2D eigenvalue weighted by atomic mass is 9.65. The van der Waals surface area contributed by atoms with Gasteiger partial charge < -0.3 is 9.84 Å². The third kappa shape index (κ3) is 3.53. The van der Waals surface area contributed by atoms with Crippen LogP contribution in [0, 0.1) is 0 Å². The lowest BCUT2D eigenvalue weighted by Crippen LogP contribution is -2.79. The zero-order valence-corrected chi connectivity index (χ0v) is 20.3. The number of fused-ring (bicyclic) bond motifs is 1. The molecule has 6 nitrogen and oxygen atoms in total. The Balaban J connectivity index is 1.68. The molecule has 5 rings (SSSR count). The van der Waals surface area contributed by atoms with Crippen LogP contribution in [-0.2, 0) is 14.3 Å². The molecule has 3 aromatic rings. The van der Waals surface area contributed by atoms with E-state index in [-0.39, 0.29) is 5.91 Å². The van der Waals surface area contributed by atoms with Gasteiger partial charge in [0.25, 0.3) is 5.91 Å². The minimum absolute atomic E-state index is 0.337. The Morgan fingerprint density at radius 1 is 0.943 bits per heavy atom. The molecule has 2 aliphatic heterocycles. The monoisotopic (exact) mass is 486 g/mol. The van der Waals surface area contributed by atoms with E-state index in [1.165, 1.54) is 4.90 Å². The Labute approximate surface area is 209 Å². The standard InChI is InChI=1S/C28H26N2O4S/c1-27(2,35)28(26(32)33,21(18-12-6-3-7-13-18)19-14-8-4-9-15-19)30-24(31)22-25(30)34-23(29-22)20-16-10-5-11-17-20/h3-17,21-22,25,35H,1-2H3,(H,32,33)/t22-,25-,28-/m0/s1. The number of carboxylic acid groups (broad SMARTS) is 1. The van der Waals surface area contributed by atoms with Gasteiger partial charge in [-0.1, -0.05) is 78.9 Å². The molecule has 0 bridgehead atoms.